The lowest BCUT2D eigenvalue weighted by molar-refractivity contribution is 0.366. The molecule has 3 rings (SSSR count). The third-order valence-electron chi connectivity index (χ3n) is 4.61. The molecule has 1 aromatic heterocycles. The van der Waals surface area contributed by atoms with Crippen LogP contribution in [0.25, 0.3) is 0 Å². The molecule has 0 spiro atoms. The highest BCUT2D eigenvalue weighted by Gasteiger charge is 2.28. The number of rotatable bonds is 3. The van der Waals surface area contributed by atoms with Crippen molar-refractivity contribution in [2.45, 2.75) is 45.7 Å². The van der Waals surface area contributed by atoms with Gasteiger partial charge in [0.25, 0.3) is 0 Å². The maximum Gasteiger partial charge on any atom is 0.0847 e. The molecule has 2 atom stereocenters. The van der Waals surface area contributed by atoms with Gasteiger partial charge in [-0.15, -0.1) is 0 Å². The largest absolute Gasteiger partial charge is 0.324 e. The molecule has 0 fully saturated rings. The number of aryl methyl sites for hydroxylation is 3. The van der Waals surface area contributed by atoms with E-state index in [1.165, 1.54) is 11.1 Å². The van der Waals surface area contributed by atoms with Crippen LogP contribution in [0.2, 0.25) is 5.02 Å². The Morgan fingerprint density at radius 2 is 2.14 bits per heavy atom. The molecule has 3 nitrogen and oxygen atoms in total. The summed E-state index contributed by atoms with van der Waals surface area (Å²) in [5.41, 5.74) is 11.3. The van der Waals surface area contributed by atoms with Gasteiger partial charge in [0.05, 0.1) is 16.4 Å². The number of halogens is 1. The summed E-state index contributed by atoms with van der Waals surface area (Å²) in [5.74, 6) is 0.429. The van der Waals surface area contributed by atoms with Crippen LogP contribution in [0.3, 0.4) is 0 Å². The van der Waals surface area contributed by atoms with E-state index in [9.17, 15) is 0 Å². The Kier molecular flexibility index (Phi) is 4.05. The minimum Gasteiger partial charge on any atom is -0.324 e. The highest BCUT2D eigenvalue weighted by molar-refractivity contribution is 6.31. The Hall–Kier alpha value is -1.32. The molecule has 0 amide bonds. The number of hydrogen-bond acceptors (Lipinski definition) is 2. The Balaban J connectivity index is 1.87. The molecule has 0 bridgehead atoms. The van der Waals surface area contributed by atoms with Crippen molar-refractivity contribution in [3.63, 3.8) is 0 Å². The summed E-state index contributed by atoms with van der Waals surface area (Å²) in [5, 5.41) is 5.32. The predicted molar refractivity (Wildman–Crippen MR) is 86.5 cm³/mol. The fourth-order valence-corrected chi connectivity index (χ4v) is 3.62. The van der Waals surface area contributed by atoms with E-state index >= 15 is 0 Å². The number of nitrogens with two attached hydrogens (primary N) is 1. The summed E-state index contributed by atoms with van der Waals surface area (Å²) in [6, 6.07) is 8.62. The normalized spacial score (nSPS) is 21.3. The molecule has 21 heavy (non-hydrogen) atoms. The molecular formula is C17H22ClN3. The van der Waals surface area contributed by atoms with E-state index in [4.69, 9.17) is 17.3 Å². The van der Waals surface area contributed by atoms with Crippen LogP contribution in [0, 0.1) is 12.8 Å². The van der Waals surface area contributed by atoms with E-state index in [2.05, 4.69) is 36.3 Å². The summed E-state index contributed by atoms with van der Waals surface area (Å²) >= 11 is 6.44. The second kappa shape index (κ2) is 5.82. The van der Waals surface area contributed by atoms with Gasteiger partial charge in [-0.2, -0.15) is 5.10 Å². The van der Waals surface area contributed by atoms with E-state index < -0.39 is 0 Å². The lowest BCUT2D eigenvalue weighted by Gasteiger charge is -2.31. The van der Waals surface area contributed by atoms with E-state index in [-0.39, 0.29) is 6.04 Å². The maximum atomic E-state index is 6.51. The second-order valence-corrected chi connectivity index (χ2v) is 6.27. The average Bonchev–Trinajstić information content (AvgIpc) is 2.78. The van der Waals surface area contributed by atoms with Gasteiger partial charge in [-0.05, 0) is 50.2 Å². The Bertz CT molecular complexity index is 647. The summed E-state index contributed by atoms with van der Waals surface area (Å²) in [4.78, 5) is 0. The molecule has 0 saturated heterocycles. The van der Waals surface area contributed by atoms with Crippen molar-refractivity contribution in [2.24, 2.45) is 11.7 Å². The van der Waals surface area contributed by atoms with Gasteiger partial charge in [-0.1, -0.05) is 35.9 Å². The summed E-state index contributed by atoms with van der Waals surface area (Å²) in [6.45, 7) is 4.91. The van der Waals surface area contributed by atoms with Crippen molar-refractivity contribution >= 4 is 11.6 Å². The van der Waals surface area contributed by atoms with Crippen molar-refractivity contribution in [2.75, 3.05) is 0 Å². The van der Waals surface area contributed by atoms with Gasteiger partial charge in [0.15, 0.2) is 0 Å². The van der Waals surface area contributed by atoms with Crippen molar-refractivity contribution < 1.29 is 0 Å². The van der Waals surface area contributed by atoms with Gasteiger partial charge in [0.2, 0.25) is 0 Å². The van der Waals surface area contributed by atoms with Gasteiger partial charge in [0.1, 0.15) is 0 Å². The number of nitrogens with zero attached hydrogens (tertiary/aromatic N) is 2. The fraction of sp³-hybridized carbons (Fsp3) is 0.471. The van der Waals surface area contributed by atoms with Crippen molar-refractivity contribution in [1.82, 2.24) is 9.78 Å². The monoisotopic (exact) mass is 303 g/mol. The first-order valence-electron chi connectivity index (χ1n) is 7.67. The van der Waals surface area contributed by atoms with Crippen LogP contribution in [-0.4, -0.2) is 9.78 Å². The zero-order valence-electron chi connectivity index (χ0n) is 12.6. The van der Waals surface area contributed by atoms with E-state index in [0.717, 1.165) is 42.2 Å². The first kappa shape index (κ1) is 14.6. The Labute approximate surface area is 131 Å². The van der Waals surface area contributed by atoms with Crippen LogP contribution in [0.1, 0.15) is 41.9 Å². The van der Waals surface area contributed by atoms with E-state index in [0.29, 0.717) is 5.92 Å². The third kappa shape index (κ3) is 2.60. The SMILES string of the molecule is CCn1nc(C)c(Cl)c1CC1CCc2ccccc2C1N. The lowest BCUT2D eigenvalue weighted by Crippen LogP contribution is -2.29. The van der Waals surface area contributed by atoms with Gasteiger partial charge >= 0.3 is 0 Å². The molecule has 2 N–H and O–H groups in total. The molecule has 112 valence electrons. The Morgan fingerprint density at radius 1 is 1.38 bits per heavy atom. The molecule has 0 saturated carbocycles. The fourth-order valence-electron chi connectivity index (χ4n) is 3.40. The molecular weight excluding hydrogens is 282 g/mol. The molecule has 2 aromatic rings. The molecule has 2 unspecified atom stereocenters. The smallest absolute Gasteiger partial charge is 0.0847 e. The van der Waals surface area contributed by atoms with Crippen LogP contribution in [-0.2, 0) is 19.4 Å². The third-order valence-corrected chi connectivity index (χ3v) is 5.11. The van der Waals surface area contributed by atoms with Gasteiger partial charge < -0.3 is 5.73 Å². The van der Waals surface area contributed by atoms with Gasteiger partial charge in [-0.25, -0.2) is 0 Å². The lowest BCUT2D eigenvalue weighted by atomic mass is 9.78. The zero-order valence-corrected chi connectivity index (χ0v) is 13.4. The molecule has 1 aliphatic carbocycles. The first-order valence-corrected chi connectivity index (χ1v) is 8.04. The highest BCUT2D eigenvalue weighted by Crippen LogP contribution is 2.36. The van der Waals surface area contributed by atoms with Crippen molar-refractivity contribution in [3.05, 3.63) is 51.8 Å². The van der Waals surface area contributed by atoms with Gasteiger partial charge in [-0.3, -0.25) is 4.68 Å². The number of aromatic nitrogens is 2. The van der Waals surface area contributed by atoms with Gasteiger partial charge in [0, 0.05) is 12.6 Å². The first-order chi connectivity index (χ1) is 10.1. The minimum atomic E-state index is 0.0894. The summed E-state index contributed by atoms with van der Waals surface area (Å²) in [6.07, 6.45) is 3.12. The van der Waals surface area contributed by atoms with E-state index in [1.807, 2.05) is 11.6 Å². The van der Waals surface area contributed by atoms with Crippen LogP contribution >= 0.6 is 11.6 Å². The molecule has 1 aromatic carbocycles. The predicted octanol–water partition coefficient (Wildman–Crippen LogP) is 3.67. The molecule has 1 aliphatic rings. The van der Waals surface area contributed by atoms with Crippen LogP contribution < -0.4 is 5.73 Å². The molecule has 4 heteroatoms. The van der Waals surface area contributed by atoms with Crippen molar-refractivity contribution in [1.29, 1.82) is 0 Å². The standard InChI is InChI=1S/C17H22ClN3/c1-3-21-15(16(18)11(2)20-21)10-13-9-8-12-6-4-5-7-14(12)17(13)19/h4-7,13,17H,3,8-10,19H2,1-2H3. The summed E-state index contributed by atoms with van der Waals surface area (Å²) < 4.78 is 2.02. The zero-order chi connectivity index (χ0) is 15.0. The van der Waals surface area contributed by atoms with E-state index in [1.54, 1.807) is 0 Å². The second-order valence-electron chi connectivity index (χ2n) is 5.89. The van der Waals surface area contributed by atoms with Crippen LogP contribution in [0.15, 0.2) is 24.3 Å². The number of benzene rings is 1. The highest BCUT2D eigenvalue weighted by atomic mass is 35.5. The minimum absolute atomic E-state index is 0.0894. The quantitative estimate of drug-likeness (QED) is 0.940. The summed E-state index contributed by atoms with van der Waals surface area (Å²) in [7, 11) is 0. The average molecular weight is 304 g/mol. The molecule has 1 heterocycles. The molecule has 0 radical (unpaired) electrons. The van der Waals surface area contributed by atoms with Crippen LogP contribution in [0.4, 0.5) is 0 Å². The van der Waals surface area contributed by atoms with Crippen molar-refractivity contribution in [3.8, 4) is 0 Å². The number of fused-ring (bicyclic) bond motifs is 1. The Morgan fingerprint density at radius 3 is 2.90 bits per heavy atom. The maximum absolute atomic E-state index is 6.51. The molecule has 0 aliphatic heterocycles. The topological polar surface area (TPSA) is 43.8 Å². The van der Waals surface area contributed by atoms with Crippen LogP contribution in [0.5, 0.6) is 0 Å². The number of hydrogen-bond donors (Lipinski definition) is 1.